The van der Waals surface area contributed by atoms with Gasteiger partial charge in [-0.2, -0.15) is 13.2 Å². The molecule has 5 N–H and O–H groups in total. The van der Waals surface area contributed by atoms with Crippen LogP contribution in [-0.4, -0.2) is 24.1 Å². The Labute approximate surface area is 138 Å². The maximum absolute atomic E-state index is 15.5. The lowest BCUT2D eigenvalue weighted by atomic mass is 9.79. The molecule has 8 heteroatoms. The molecular weight excluding hydrogens is 324 g/mol. The van der Waals surface area contributed by atoms with E-state index in [4.69, 9.17) is 11.6 Å². The standard InChI is InChI=1S/C16H22F4N4/c1-10-7-15(17,8-14(23-10)13(21)9-24(2)22)11-3-5-12(6-4-11)16(18,19)20/h3-6,9-10,14,23H,7-8,21-22H2,1-2H3/b13-9-/t10-,14-,15-/m0/s1. The first-order chi connectivity index (χ1) is 11.0. The number of alkyl halides is 4. The molecule has 1 saturated heterocycles. The van der Waals surface area contributed by atoms with Crippen LogP contribution in [0.4, 0.5) is 17.6 Å². The maximum Gasteiger partial charge on any atom is 0.416 e. The van der Waals surface area contributed by atoms with Gasteiger partial charge in [-0.25, -0.2) is 10.2 Å². The highest BCUT2D eigenvalue weighted by atomic mass is 19.4. The summed E-state index contributed by atoms with van der Waals surface area (Å²) in [6, 6.07) is 3.58. The van der Waals surface area contributed by atoms with Crippen LogP contribution in [0.5, 0.6) is 0 Å². The Morgan fingerprint density at radius 1 is 1.29 bits per heavy atom. The number of hydrogen-bond acceptors (Lipinski definition) is 4. The van der Waals surface area contributed by atoms with Crippen molar-refractivity contribution in [2.24, 2.45) is 11.6 Å². The monoisotopic (exact) mass is 346 g/mol. The van der Waals surface area contributed by atoms with Gasteiger partial charge >= 0.3 is 6.18 Å². The predicted octanol–water partition coefficient (Wildman–Crippen LogP) is 2.62. The van der Waals surface area contributed by atoms with E-state index in [-0.39, 0.29) is 24.4 Å². The highest BCUT2D eigenvalue weighted by molar-refractivity contribution is 5.30. The van der Waals surface area contributed by atoms with Crippen LogP contribution in [0.2, 0.25) is 0 Å². The average molecular weight is 346 g/mol. The van der Waals surface area contributed by atoms with E-state index in [1.165, 1.54) is 23.3 Å². The number of halogens is 4. The zero-order chi connectivity index (χ0) is 18.1. The molecule has 1 aliphatic heterocycles. The fourth-order valence-corrected chi connectivity index (χ4v) is 3.09. The largest absolute Gasteiger partial charge is 0.416 e. The summed E-state index contributed by atoms with van der Waals surface area (Å²) in [5.41, 5.74) is 4.00. The first-order valence-electron chi connectivity index (χ1n) is 7.59. The summed E-state index contributed by atoms with van der Waals surface area (Å²) in [5, 5.41) is 4.46. The molecule has 1 aliphatic rings. The van der Waals surface area contributed by atoms with E-state index in [0.29, 0.717) is 5.70 Å². The summed E-state index contributed by atoms with van der Waals surface area (Å²) >= 11 is 0. The van der Waals surface area contributed by atoms with Gasteiger partial charge in [-0.1, -0.05) is 12.1 Å². The van der Waals surface area contributed by atoms with Gasteiger partial charge in [0.2, 0.25) is 0 Å². The average Bonchev–Trinajstić information content (AvgIpc) is 2.45. The quantitative estimate of drug-likeness (QED) is 0.447. The van der Waals surface area contributed by atoms with Crippen LogP contribution in [0.25, 0.3) is 0 Å². The first kappa shape index (κ1) is 18.5. The van der Waals surface area contributed by atoms with E-state index in [9.17, 15) is 13.2 Å². The van der Waals surface area contributed by atoms with Crippen molar-refractivity contribution in [2.45, 2.75) is 43.7 Å². The van der Waals surface area contributed by atoms with Crippen LogP contribution < -0.4 is 16.9 Å². The molecule has 0 unspecified atom stereocenters. The Hall–Kier alpha value is -1.80. The predicted molar refractivity (Wildman–Crippen MR) is 84.1 cm³/mol. The molecule has 0 aliphatic carbocycles. The third kappa shape index (κ3) is 4.18. The van der Waals surface area contributed by atoms with Crippen LogP contribution in [0.1, 0.15) is 30.9 Å². The molecule has 1 fully saturated rings. The second-order valence-corrected chi connectivity index (χ2v) is 6.36. The van der Waals surface area contributed by atoms with Crippen LogP contribution in [0, 0.1) is 0 Å². The number of benzene rings is 1. The molecule has 0 spiro atoms. The fraction of sp³-hybridized carbons (Fsp3) is 0.500. The second-order valence-electron chi connectivity index (χ2n) is 6.36. The third-order valence-electron chi connectivity index (χ3n) is 4.13. The van der Waals surface area contributed by atoms with Gasteiger partial charge in [-0.3, -0.25) is 0 Å². The van der Waals surface area contributed by atoms with Gasteiger partial charge < -0.3 is 16.1 Å². The molecule has 0 amide bonds. The lowest BCUT2D eigenvalue weighted by Gasteiger charge is -2.40. The Kier molecular flexibility index (Phi) is 5.10. The van der Waals surface area contributed by atoms with Gasteiger partial charge in [0.1, 0.15) is 5.67 Å². The maximum atomic E-state index is 15.5. The summed E-state index contributed by atoms with van der Waals surface area (Å²) in [5.74, 6) is 5.52. The van der Waals surface area contributed by atoms with Crippen molar-refractivity contribution in [2.75, 3.05) is 7.05 Å². The zero-order valence-electron chi connectivity index (χ0n) is 13.6. The molecule has 1 aromatic rings. The zero-order valence-corrected chi connectivity index (χ0v) is 13.6. The van der Waals surface area contributed by atoms with Crippen molar-refractivity contribution in [1.29, 1.82) is 0 Å². The van der Waals surface area contributed by atoms with Gasteiger partial charge in [0.25, 0.3) is 0 Å². The normalized spacial score (nSPS) is 28.7. The molecule has 134 valence electrons. The minimum Gasteiger partial charge on any atom is -0.400 e. The van der Waals surface area contributed by atoms with E-state index in [0.717, 1.165) is 12.1 Å². The lowest BCUT2D eigenvalue weighted by molar-refractivity contribution is -0.137. The summed E-state index contributed by atoms with van der Waals surface area (Å²) in [6.45, 7) is 1.81. The summed E-state index contributed by atoms with van der Waals surface area (Å²) in [4.78, 5) is 0. The fourth-order valence-electron chi connectivity index (χ4n) is 3.09. The van der Waals surface area contributed by atoms with E-state index in [1.807, 2.05) is 6.92 Å². The molecule has 1 heterocycles. The molecule has 0 saturated carbocycles. The Balaban J connectivity index is 2.27. The molecule has 3 atom stereocenters. The summed E-state index contributed by atoms with van der Waals surface area (Å²) in [7, 11) is 1.59. The number of piperidine rings is 1. The molecule has 24 heavy (non-hydrogen) atoms. The molecular formula is C16H22F4N4. The summed E-state index contributed by atoms with van der Waals surface area (Å²) < 4.78 is 53.5. The van der Waals surface area contributed by atoms with Crippen LogP contribution in [0.15, 0.2) is 36.2 Å². The van der Waals surface area contributed by atoms with Crippen LogP contribution >= 0.6 is 0 Å². The highest BCUT2D eigenvalue weighted by Crippen LogP contribution is 2.41. The van der Waals surface area contributed by atoms with Crippen molar-refractivity contribution in [3.05, 3.63) is 47.3 Å². The molecule has 1 aromatic carbocycles. The molecule has 4 nitrogen and oxygen atoms in total. The molecule has 0 aromatic heterocycles. The number of hydrazine groups is 1. The van der Waals surface area contributed by atoms with Crippen LogP contribution in [-0.2, 0) is 11.8 Å². The SMILES string of the molecule is C[C@H]1C[C@@](F)(c2ccc(C(F)(F)F)cc2)C[C@@H](/C(N)=C/N(C)N)N1. The van der Waals surface area contributed by atoms with Crippen molar-refractivity contribution in [3.8, 4) is 0 Å². The number of hydrogen-bond donors (Lipinski definition) is 3. The van der Waals surface area contributed by atoms with E-state index >= 15 is 4.39 Å². The van der Waals surface area contributed by atoms with Gasteiger partial charge in [0.05, 0.1) is 11.6 Å². The van der Waals surface area contributed by atoms with Gasteiger partial charge in [-0.15, -0.1) is 0 Å². The molecule has 2 rings (SSSR count). The van der Waals surface area contributed by atoms with Crippen molar-refractivity contribution < 1.29 is 17.6 Å². The minimum atomic E-state index is -4.44. The third-order valence-corrected chi connectivity index (χ3v) is 4.13. The van der Waals surface area contributed by atoms with Gasteiger partial charge in [0.15, 0.2) is 0 Å². The number of rotatable bonds is 3. The number of nitrogens with zero attached hydrogens (tertiary/aromatic N) is 1. The highest BCUT2D eigenvalue weighted by Gasteiger charge is 2.42. The van der Waals surface area contributed by atoms with Gasteiger partial charge in [-0.05, 0) is 24.6 Å². The van der Waals surface area contributed by atoms with Crippen molar-refractivity contribution in [3.63, 3.8) is 0 Å². The first-order valence-corrected chi connectivity index (χ1v) is 7.59. The second kappa shape index (κ2) is 6.60. The topological polar surface area (TPSA) is 67.3 Å². The van der Waals surface area contributed by atoms with E-state index in [2.05, 4.69) is 5.32 Å². The Morgan fingerprint density at radius 2 is 1.88 bits per heavy atom. The molecule has 0 bridgehead atoms. The number of nitrogens with one attached hydrogen (secondary N) is 1. The Morgan fingerprint density at radius 3 is 2.38 bits per heavy atom. The van der Waals surface area contributed by atoms with E-state index < -0.39 is 23.5 Å². The van der Waals surface area contributed by atoms with Crippen molar-refractivity contribution >= 4 is 0 Å². The molecule has 0 radical (unpaired) electrons. The Bertz CT molecular complexity index is 597. The number of nitrogens with two attached hydrogens (primary N) is 2. The smallest absolute Gasteiger partial charge is 0.400 e. The van der Waals surface area contributed by atoms with Gasteiger partial charge in [0, 0.05) is 37.8 Å². The van der Waals surface area contributed by atoms with Crippen molar-refractivity contribution in [1.82, 2.24) is 10.3 Å². The van der Waals surface area contributed by atoms with Crippen LogP contribution in [0.3, 0.4) is 0 Å². The lowest BCUT2D eigenvalue weighted by Crippen LogP contribution is -2.51. The minimum absolute atomic E-state index is 0.0267. The summed E-state index contributed by atoms with van der Waals surface area (Å²) in [6.07, 6.45) is -2.77. The van der Waals surface area contributed by atoms with E-state index in [1.54, 1.807) is 7.05 Å².